The summed E-state index contributed by atoms with van der Waals surface area (Å²) in [7, 11) is -2.61. The second-order valence-electron chi connectivity index (χ2n) is 6.80. The molecule has 0 heterocycles. The zero-order valence-corrected chi connectivity index (χ0v) is 16.3. The minimum absolute atomic E-state index is 0.0397. The number of anilines is 2. The highest BCUT2D eigenvalue weighted by Crippen LogP contribution is 2.29. The molecule has 0 saturated heterocycles. The third-order valence-electron chi connectivity index (χ3n) is 4.71. The van der Waals surface area contributed by atoms with E-state index in [1.54, 1.807) is 24.3 Å². The number of carbonyl (C=O) groups excluding carboxylic acids is 1. The molecule has 2 aromatic carbocycles. The summed E-state index contributed by atoms with van der Waals surface area (Å²) in [6, 6.07) is 11.9. The van der Waals surface area contributed by atoms with Crippen LogP contribution in [0, 0.1) is 6.92 Å². The Balaban J connectivity index is 1.97. The summed E-state index contributed by atoms with van der Waals surface area (Å²) in [5.74, 6) is -0.575. The van der Waals surface area contributed by atoms with Crippen LogP contribution in [0.4, 0.5) is 11.4 Å². The number of nitrogens with one attached hydrogen (secondary N) is 2. The smallest absolute Gasteiger partial charge is 0.337 e. The molecule has 1 fully saturated rings. The zero-order valence-electron chi connectivity index (χ0n) is 15.5. The van der Waals surface area contributed by atoms with Crippen molar-refractivity contribution in [2.45, 2.75) is 43.5 Å². The third kappa shape index (κ3) is 4.60. The number of benzene rings is 2. The fraction of sp³-hybridized carbons (Fsp3) is 0.350. The highest BCUT2D eigenvalue weighted by Gasteiger charge is 2.24. The van der Waals surface area contributed by atoms with E-state index in [0.29, 0.717) is 11.4 Å². The molecule has 1 aliphatic rings. The van der Waals surface area contributed by atoms with Gasteiger partial charge in [-0.3, -0.25) is 4.72 Å². The molecule has 0 amide bonds. The average Bonchev–Trinajstić information content (AvgIpc) is 3.16. The van der Waals surface area contributed by atoms with E-state index in [-0.39, 0.29) is 16.5 Å². The number of esters is 1. The van der Waals surface area contributed by atoms with Gasteiger partial charge in [0.05, 0.1) is 18.4 Å². The maximum Gasteiger partial charge on any atom is 0.337 e. The van der Waals surface area contributed by atoms with Crippen molar-refractivity contribution in [3.63, 3.8) is 0 Å². The van der Waals surface area contributed by atoms with Crippen LogP contribution in [0.25, 0.3) is 0 Å². The van der Waals surface area contributed by atoms with Crippen molar-refractivity contribution in [2.24, 2.45) is 0 Å². The molecular weight excluding hydrogens is 364 g/mol. The van der Waals surface area contributed by atoms with E-state index in [2.05, 4.69) is 10.0 Å². The van der Waals surface area contributed by atoms with Gasteiger partial charge in [-0.2, -0.15) is 0 Å². The lowest BCUT2D eigenvalue weighted by Gasteiger charge is -2.18. The number of rotatable bonds is 6. The molecule has 3 rings (SSSR count). The summed E-state index contributed by atoms with van der Waals surface area (Å²) in [6.45, 7) is 1.93. The van der Waals surface area contributed by atoms with Gasteiger partial charge in [0.15, 0.2) is 0 Å². The lowest BCUT2D eigenvalue weighted by Crippen LogP contribution is -2.20. The highest BCUT2D eigenvalue weighted by molar-refractivity contribution is 7.92. The Hall–Kier alpha value is -2.54. The minimum Gasteiger partial charge on any atom is -0.465 e. The van der Waals surface area contributed by atoms with Crippen molar-refractivity contribution < 1.29 is 17.9 Å². The summed E-state index contributed by atoms with van der Waals surface area (Å²) in [6.07, 6.45) is 4.26. The van der Waals surface area contributed by atoms with Crippen molar-refractivity contribution in [1.82, 2.24) is 0 Å². The molecule has 0 spiro atoms. The molecule has 0 atom stereocenters. The Labute approximate surface area is 160 Å². The summed E-state index contributed by atoms with van der Waals surface area (Å²) < 4.78 is 33.4. The molecule has 27 heavy (non-hydrogen) atoms. The van der Waals surface area contributed by atoms with Crippen molar-refractivity contribution >= 4 is 27.4 Å². The van der Waals surface area contributed by atoms with E-state index in [1.807, 2.05) is 19.1 Å². The zero-order chi connectivity index (χ0) is 19.4. The molecule has 0 bridgehead atoms. The van der Waals surface area contributed by atoms with Gasteiger partial charge in [-0.15, -0.1) is 0 Å². The summed E-state index contributed by atoms with van der Waals surface area (Å²) in [5, 5.41) is 3.32. The Kier molecular flexibility index (Phi) is 5.70. The van der Waals surface area contributed by atoms with E-state index >= 15 is 0 Å². The van der Waals surface area contributed by atoms with Gasteiger partial charge in [0.2, 0.25) is 0 Å². The monoisotopic (exact) mass is 388 g/mol. The van der Waals surface area contributed by atoms with Crippen LogP contribution in [0.5, 0.6) is 0 Å². The fourth-order valence-electron chi connectivity index (χ4n) is 3.23. The predicted molar refractivity (Wildman–Crippen MR) is 106 cm³/mol. The molecular formula is C20H24N2O4S. The number of sulfonamides is 1. The number of hydrogen-bond acceptors (Lipinski definition) is 5. The van der Waals surface area contributed by atoms with Crippen LogP contribution < -0.4 is 10.0 Å². The quantitative estimate of drug-likeness (QED) is 0.732. The minimum atomic E-state index is -3.88. The Morgan fingerprint density at radius 1 is 1.07 bits per heavy atom. The first-order valence-electron chi connectivity index (χ1n) is 8.97. The van der Waals surface area contributed by atoms with Gasteiger partial charge in [0, 0.05) is 11.7 Å². The first kappa shape index (κ1) is 19.2. The summed E-state index contributed by atoms with van der Waals surface area (Å²) >= 11 is 0. The molecule has 0 aromatic heterocycles. The van der Waals surface area contributed by atoms with Gasteiger partial charge < -0.3 is 10.1 Å². The van der Waals surface area contributed by atoms with E-state index in [9.17, 15) is 13.2 Å². The van der Waals surface area contributed by atoms with Crippen molar-refractivity contribution in [3.8, 4) is 0 Å². The fourth-order valence-corrected chi connectivity index (χ4v) is 4.49. The number of hydrogen-bond donors (Lipinski definition) is 2. The Morgan fingerprint density at radius 2 is 1.74 bits per heavy atom. The lowest BCUT2D eigenvalue weighted by atomic mass is 10.2. The standard InChI is InChI=1S/C20H24N2O4S/c1-14-7-10-17(11-8-14)22-27(24,25)19-13-15(20(23)26-2)9-12-18(19)21-16-5-3-4-6-16/h7-13,16,21-22H,3-6H2,1-2H3. The van der Waals surface area contributed by atoms with Crippen LogP contribution >= 0.6 is 0 Å². The molecule has 1 saturated carbocycles. The topological polar surface area (TPSA) is 84.5 Å². The third-order valence-corrected chi connectivity index (χ3v) is 6.13. The molecule has 7 heteroatoms. The van der Waals surface area contributed by atoms with Crippen LogP contribution in [0.15, 0.2) is 47.4 Å². The van der Waals surface area contributed by atoms with Crippen molar-refractivity contribution in [1.29, 1.82) is 0 Å². The van der Waals surface area contributed by atoms with Gasteiger partial charge in [-0.25, -0.2) is 13.2 Å². The summed E-state index contributed by atoms with van der Waals surface area (Å²) in [5.41, 5.74) is 2.19. The number of methoxy groups -OCH3 is 1. The van der Waals surface area contributed by atoms with Crippen molar-refractivity contribution in [2.75, 3.05) is 17.1 Å². The molecule has 0 unspecified atom stereocenters. The Bertz CT molecular complexity index is 917. The molecule has 0 aliphatic heterocycles. The van der Waals surface area contributed by atoms with Crippen LogP contribution in [0.1, 0.15) is 41.6 Å². The van der Waals surface area contributed by atoms with Crippen LogP contribution in [0.3, 0.4) is 0 Å². The van der Waals surface area contributed by atoms with Crippen LogP contribution in [-0.2, 0) is 14.8 Å². The highest BCUT2D eigenvalue weighted by atomic mass is 32.2. The van der Waals surface area contributed by atoms with Crippen LogP contribution in [0.2, 0.25) is 0 Å². The second-order valence-corrected chi connectivity index (χ2v) is 8.45. The normalized spacial score (nSPS) is 14.7. The SMILES string of the molecule is COC(=O)c1ccc(NC2CCCC2)c(S(=O)(=O)Nc2ccc(C)cc2)c1. The van der Waals surface area contributed by atoms with Crippen LogP contribution in [-0.4, -0.2) is 27.5 Å². The van der Waals surface area contributed by atoms with Gasteiger partial charge >= 0.3 is 5.97 Å². The summed E-state index contributed by atoms with van der Waals surface area (Å²) in [4.78, 5) is 11.9. The predicted octanol–water partition coefficient (Wildman–Crippen LogP) is 3.94. The molecule has 2 N–H and O–H groups in total. The number of carbonyl (C=O) groups is 1. The van der Waals surface area contributed by atoms with Gasteiger partial charge in [0.1, 0.15) is 4.90 Å². The van der Waals surface area contributed by atoms with Gasteiger partial charge in [0.25, 0.3) is 10.0 Å². The average molecular weight is 388 g/mol. The van der Waals surface area contributed by atoms with Gasteiger partial charge in [-0.1, -0.05) is 30.5 Å². The van der Waals surface area contributed by atoms with Gasteiger partial charge in [-0.05, 0) is 50.1 Å². The Morgan fingerprint density at radius 3 is 2.37 bits per heavy atom. The van der Waals surface area contributed by atoms with Crippen molar-refractivity contribution in [3.05, 3.63) is 53.6 Å². The maximum absolute atomic E-state index is 13.0. The van der Waals surface area contributed by atoms with E-state index in [4.69, 9.17) is 4.74 Å². The molecule has 0 radical (unpaired) electrons. The maximum atomic E-state index is 13.0. The molecule has 6 nitrogen and oxygen atoms in total. The van der Waals surface area contributed by atoms with E-state index in [1.165, 1.54) is 13.2 Å². The number of ether oxygens (including phenoxy) is 1. The molecule has 2 aromatic rings. The largest absolute Gasteiger partial charge is 0.465 e. The second kappa shape index (κ2) is 8.00. The molecule has 1 aliphatic carbocycles. The lowest BCUT2D eigenvalue weighted by molar-refractivity contribution is 0.0600. The molecule has 144 valence electrons. The first-order chi connectivity index (χ1) is 12.9. The van der Waals surface area contributed by atoms with E-state index < -0.39 is 16.0 Å². The number of aryl methyl sites for hydroxylation is 1. The first-order valence-corrected chi connectivity index (χ1v) is 10.5. The van der Waals surface area contributed by atoms with E-state index in [0.717, 1.165) is 31.2 Å².